The normalized spacial score (nSPS) is 10.8. The van der Waals surface area contributed by atoms with Crippen LogP contribution in [-0.2, 0) is 13.6 Å². The van der Waals surface area contributed by atoms with Crippen LogP contribution in [0.5, 0.6) is 5.75 Å². The van der Waals surface area contributed by atoms with E-state index in [1.54, 1.807) is 38.4 Å². The molecule has 0 amide bonds. The molecule has 2 aromatic carbocycles. The first-order valence-corrected chi connectivity index (χ1v) is 7.52. The highest BCUT2D eigenvalue weighted by Gasteiger charge is 2.13. The predicted molar refractivity (Wildman–Crippen MR) is 92.5 cm³/mol. The Labute approximate surface area is 142 Å². The molecular weight excluding hydrogens is 324 g/mol. The van der Waals surface area contributed by atoms with Gasteiger partial charge in [0.05, 0.1) is 30.1 Å². The summed E-state index contributed by atoms with van der Waals surface area (Å²) in [4.78, 5) is 36.4. The number of ether oxygens (including phenoxy) is 1. The molecule has 7 nitrogen and oxygen atoms in total. The van der Waals surface area contributed by atoms with Crippen molar-refractivity contribution in [2.45, 2.75) is 6.54 Å². The van der Waals surface area contributed by atoms with Gasteiger partial charge in [-0.1, -0.05) is 12.1 Å². The second-order valence-corrected chi connectivity index (χ2v) is 5.62. The van der Waals surface area contributed by atoms with Gasteiger partial charge in [-0.2, -0.15) is 0 Å². The topological polar surface area (TPSA) is 90.5 Å². The summed E-state index contributed by atoms with van der Waals surface area (Å²) in [7, 11) is 3.10. The van der Waals surface area contributed by atoms with Crippen molar-refractivity contribution in [3.05, 3.63) is 74.4 Å². The zero-order chi connectivity index (χ0) is 18.1. The van der Waals surface area contributed by atoms with Gasteiger partial charge in [0.15, 0.2) is 0 Å². The molecule has 0 fully saturated rings. The SMILES string of the molecule is COc1ccc(Cn2c(=O)c3cc(C(=O)O)ccc3n(C)c2=O)cc1. The molecule has 1 N–H and O–H groups in total. The van der Waals surface area contributed by atoms with Crippen LogP contribution in [-0.4, -0.2) is 27.3 Å². The lowest BCUT2D eigenvalue weighted by Gasteiger charge is -2.11. The quantitative estimate of drug-likeness (QED) is 0.776. The Kier molecular flexibility index (Phi) is 4.14. The molecule has 128 valence electrons. The monoisotopic (exact) mass is 340 g/mol. The first-order chi connectivity index (χ1) is 11.9. The summed E-state index contributed by atoms with van der Waals surface area (Å²) in [5.41, 5.74) is 0.173. The van der Waals surface area contributed by atoms with Crippen molar-refractivity contribution < 1.29 is 14.6 Å². The Hall–Kier alpha value is -3.35. The average Bonchev–Trinajstić information content (AvgIpc) is 2.63. The van der Waals surface area contributed by atoms with Crippen LogP contribution in [0.15, 0.2) is 52.1 Å². The van der Waals surface area contributed by atoms with E-state index in [0.29, 0.717) is 11.3 Å². The second-order valence-electron chi connectivity index (χ2n) is 5.62. The third-order valence-electron chi connectivity index (χ3n) is 4.10. The minimum absolute atomic E-state index is 0.000698. The molecule has 0 saturated heterocycles. The molecule has 1 aromatic heterocycles. The van der Waals surface area contributed by atoms with Crippen molar-refractivity contribution in [3.8, 4) is 5.75 Å². The zero-order valence-corrected chi connectivity index (χ0v) is 13.7. The van der Waals surface area contributed by atoms with Crippen LogP contribution in [0.25, 0.3) is 10.9 Å². The van der Waals surface area contributed by atoms with E-state index in [4.69, 9.17) is 9.84 Å². The number of fused-ring (bicyclic) bond motifs is 1. The van der Waals surface area contributed by atoms with E-state index >= 15 is 0 Å². The molecule has 0 aliphatic rings. The van der Waals surface area contributed by atoms with Gasteiger partial charge < -0.3 is 9.84 Å². The van der Waals surface area contributed by atoms with Crippen LogP contribution in [0.2, 0.25) is 0 Å². The molecule has 0 atom stereocenters. The molecular formula is C18H16N2O5. The number of carboxylic acids is 1. The van der Waals surface area contributed by atoms with Crippen molar-refractivity contribution >= 4 is 16.9 Å². The summed E-state index contributed by atoms with van der Waals surface area (Å²) < 4.78 is 7.52. The molecule has 3 aromatic rings. The number of hydrogen-bond acceptors (Lipinski definition) is 4. The molecule has 1 heterocycles. The minimum atomic E-state index is -1.13. The Bertz CT molecular complexity index is 1080. The molecule has 0 unspecified atom stereocenters. The number of rotatable bonds is 4. The fraction of sp³-hybridized carbons (Fsp3) is 0.167. The Morgan fingerprint density at radius 1 is 1.12 bits per heavy atom. The Morgan fingerprint density at radius 2 is 1.80 bits per heavy atom. The Balaban J connectivity index is 2.18. The van der Waals surface area contributed by atoms with E-state index < -0.39 is 17.2 Å². The van der Waals surface area contributed by atoms with E-state index in [1.807, 2.05) is 0 Å². The van der Waals surface area contributed by atoms with Gasteiger partial charge in [-0.15, -0.1) is 0 Å². The molecule has 7 heteroatoms. The molecule has 25 heavy (non-hydrogen) atoms. The molecule has 0 saturated carbocycles. The number of carbonyl (C=O) groups is 1. The highest BCUT2D eigenvalue weighted by Crippen LogP contribution is 2.13. The summed E-state index contributed by atoms with van der Waals surface area (Å²) in [6, 6.07) is 11.2. The molecule has 0 spiro atoms. The van der Waals surface area contributed by atoms with Crippen molar-refractivity contribution in [2.75, 3.05) is 7.11 Å². The van der Waals surface area contributed by atoms with Gasteiger partial charge in [0.2, 0.25) is 0 Å². The summed E-state index contributed by atoms with van der Waals surface area (Å²) in [6.45, 7) is 0.0861. The smallest absolute Gasteiger partial charge is 0.335 e. The third kappa shape index (κ3) is 2.91. The lowest BCUT2D eigenvalue weighted by molar-refractivity contribution is 0.0697. The summed E-state index contributed by atoms with van der Waals surface area (Å²) in [5.74, 6) is -0.453. The maximum Gasteiger partial charge on any atom is 0.335 e. The number of aromatic nitrogens is 2. The van der Waals surface area contributed by atoms with Crippen molar-refractivity contribution in [3.63, 3.8) is 0 Å². The number of aryl methyl sites for hydroxylation is 1. The minimum Gasteiger partial charge on any atom is -0.497 e. The van der Waals surface area contributed by atoms with E-state index in [9.17, 15) is 14.4 Å². The van der Waals surface area contributed by atoms with Crippen molar-refractivity contribution in [1.29, 1.82) is 0 Å². The lowest BCUT2D eigenvalue weighted by atomic mass is 10.1. The summed E-state index contributed by atoms with van der Waals surface area (Å²) in [6.07, 6.45) is 0. The fourth-order valence-corrected chi connectivity index (χ4v) is 2.70. The van der Waals surface area contributed by atoms with Crippen molar-refractivity contribution in [2.24, 2.45) is 7.05 Å². The van der Waals surface area contributed by atoms with Crippen LogP contribution in [0.1, 0.15) is 15.9 Å². The molecule has 0 bridgehead atoms. The van der Waals surface area contributed by atoms with E-state index in [0.717, 1.165) is 10.1 Å². The van der Waals surface area contributed by atoms with E-state index in [-0.39, 0.29) is 17.5 Å². The first-order valence-electron chi connectivity index (χ1n) is 7.52. The van der Waals surface area contributed by atoms with Crippen LogP contribution in [0.3, 0.4) is 0 Å². The molecule has 0 aliphatic heterocycles. The van der Waals surface area contributed by atoms with Gasteiger partial charge >= 0.3 is 11.7 Å². The third-order valence-corrected chi connectivity index (χ3v) is 4.10. The lowest BCUT2D eigenvalue weighted by Crippen LogP contribution is -2.39. The summed E-state index contributed by atoms with van der Waals surface area (Å²) in [5, 5.41) is 9.31. The largest absolute Gasteiger partial charge is 0.497 e. The average molecular weight is 340 g/mol. The van der Waals surface area contributed by atoms with Crippen LogP contribution >= 0.6 is 0 Å². The van der Waals surface area contributed by atoms with Gasteiger partial charge in [-0.25, -0.2) is 9.59 Å². The first kappa shape index (κ1) is 16.5. The second kappa shape index (κ2) is 6.27. The standard InChI is InChI=1S/C18H16N2O5/c1-19-15-8-5-12(17(22)23)9-14(15)16(21)20(18(19)24)10-11-3-6-13(25-2)7-4-11/h3-9H,10H2,1-2H3,(H,22,23). The predicted octanol–water partition coefficient (Wildman–Crippen LogP) is 1.46. The highest BCUT2D eigenvalue weighted by atomic mass is 16.5. The number of benzene rings is 2. The number of nitrogens with zero attached hydrogens (tertiary/aromatic N) is 2. The van der Waals surface area contributed by atoms with E-state index in [2.05, 4.69) is 0 Å². The number of carboxylic acid groups (broad SMARTS) is 1. The maximum absolute atomic E-state index is 12.7. The van der Waals surface area contributed by atoms with Crippen LogP contribution in [0.4, 0.5) is 0 Å². The number of hydrogen-bond donors (Lipinski definition) is 1. The van der Waals surface area contributed by atoms with E-state index in [1.165, 1.54) is 22.8 Å². The maximum atomic E-state index is 12.7. The molecule has 3 rings (SSSR count). The van der Waals surface area contributed by atoms with Gasteiger partial charge in [-0.3, -0.25) is 13.9 Å². The van der Waals surface area contributed by atoms with Crippen molar-refractivity contribution in [1.82, 2.24) is 9.13 Å². The van der Waals surface area contributed by atoms with Gasteiger partial charge in [0.1, 0.15) is 5.75 Å². The van der Waals surface area contributed by atoms with Gasteiger partial charge in [-0.05, 0) is 35.9 Å². The molecule has 0 aliphatic carbocycles. The summed E-state index contributed by atoms with van der Waals surface area (Å²) >= 11 is 0. The van der Waals surface area contributed by atoms with Crippen LogP contribution < -0.4 is 16.0 Å². The Morgan fingerprint density at radius 3 is 2.40 bits per heavy atom. The highest BCUT2D eigenvalue weighted by molar-refractivity contribution is 5.93. The number of methoxy groups -OCH3 is 1. The molecule has 0 radical (unpaired) electrons. The van der Waals surface area contributed by atoms with Gasteiger partial charge in [0.25, 0.3) is 5.56 Å². The zero-order valence-electron chi connectivity index (χ0n) is 13.7. The number of aromatic carboxylic acids is 1. The fourth-order valence-electron chi connectivity index (χ4n) is 2.70. The van der Waals surface area contributed by atoms with Crippen LogP contribution in [0, 0.1) is 0 Å². The van der Waals surface area contributed by atoms with Gasteiger partial charge in [0, 0.05) is 7.05 Å².